The number of nitrogens with one attached hydrogen (secondary N) is 2. The highest BCUT2D eigenvalue weighted by Gasteiger charge is 2.14. The van der Waals surface area contributed by atoms with Crippen molar-refractivity contribution in [1.82, 2.24) is 14.9 Å². The molecule has 1 aliphatic carbocycles. The molecule has 5 nitrogen and oxygen atoms in total. The zero-order valence-electron chi connectivity index (χ0n) is 18.7. The molecule has 0 spiro atoms. The van der Waals surface area contributed by atoms with Crippen LogP contribution in [0, 0.1) is 4.77 Å². The third-order valence-electron chi connectivity index (χ3n) is 6.42. The molecule has 1 atom stereocenters. The number of H-pyrrole nitrogens is 1. The van der Waals surface area contributed by atoms with Crippen LogP contribution in [0.5, 0.6) is 0 Å². The van der Waals surface area contributed by atoms with E-state index < -0.39 is 0 Å². The van der Waals surface area contributed by atoms with Gasteiger partial charge in [-0.25, -0.2) is 0 Å². The minimum atomic E-state index is -0.0547. The van der Waals surface area contributed by atoms with Crippen molar-refractivity contribution in [2.24, 2.45) is 0 Å². The lowest BCUT2D eigenvalue weighted by molar-refractivity contribution is -0.121. The highest BCUT2D eigenvalue weighted by molar-refractivity contribution is 7.71. The van der Waals surface area contributed by atoms with Gasteiger partial charge in [0.1, 0.15) is 0 Å². The Labute approximate surface area is 193 Å². The maximum absolute atomic E-state index is 12.7. The number of hydrogen-bond acceptors (Lipinski definition) is 3. The topological polar surface area (TPSA) is 66.9 Å². The van der Waals surface area contributed by atoms with Crippen molar-refractivity contribution in [3.05, 3.63) is 74.3 Å². The van der Waals surface area contributed by atoms with Crippen LogP contribution in [0.15, 0.2) is 47.3 Å². The van der Waals surface area contributed by atoms with Crippen molar-refractivity contribution < 1.29 is 4.79 Å². The van der Waals surface area contributed by atoms with Crippen LogP contribution in [-0.2, 0) is 24.2 Å². The number of benzene rings is 2. The zero-order chi connectivity index (χ0) is 22.5. The second kappa shape index (κ2) is 10.3. The van der Waals surface area contributed by atoms with Crippen LogP contribution in [0.25, 0.3) is 10.9 Å². The summed E-state index contributed by atoms with van der Waals surface area (Å²) in [4.78, 5) is 28.2. The fourth-order valence-corrected chi connectivity index (χ4v) is 4.84. The molecule has 1 amide bonds. The molecule has 1 unspecified atom stereocenters. The van der Waals surface area contributed by atoms with Gasteiger partial charge < -0.3 is 10.3 Å². The normalized spacial score (nSPS) is 14.2. The summed E-state index contributed by atoms with van der Waals surface area (Å²) < 4.78 is 2.07. The maximum Gasteiger partial charge on any atom is 0.262 e. The van der Waals surface area contributed by atoms with Crippen LogP contribution >= 0.6 is 12.2 Å². The van der Waals surface area contributed by atoms with Crippen LogP contribution in [0.4, 0.5) is 0 Å². The number of amides is 1. The van der Waals surface area contributed by atoms with E-state index in [1.807, 2.05) is 24.3 Å². The average molecular weight is 450 g/mol. The fourth-order valence-electron chi connectivity index (χ4n) is 4.55. The van der Waals surface area contributed by atoms with E-state index in [1.54, 1.807) is 4.57 Å². The molecule has 0 saturated heterocycles. The molecule has 0 fully saturated rings. The van der Waals surface area contributed by atoms with Crippen molar-refractivity contribution in [3.8, 4) is 0 Å². The highest BCUT2D eigenvalue weighted by Crippen LogP contribution is 2.24. The molecule has 168 valence electrons. The molecule has 0 radical (unpaired) electrons. The second-order valence-corrected chi connectivity index (χ2v) is 9.15. The molecule has 2 N–H and O–H groups in total. The molecule has 4 rings (SSSR count). The summed E-state index contributed by atoms with van der Waals surface area (Å²) in [5.74, 6) is 0.0791. The van der Waals surface area contributed by atoms with E-state index in [4.69, 9.17) is 12.2 Å². The largest absolute Gasteiger partial charge is 0.350 e. The van der Waals surface area contributed by atoms with Gasteiger partial charge in [0.15, 0.2) is 4.77 Å². The Morgan fingerprint density at radius 3 is 2.72 bits per heavy atom. The standard InChI is InChI=1S/C26H31N3O2S/c1-18(20-15-14-19-9-4-5-10-21(19)17-20)27-24(30)13-3-2-8-16-29-25(31)22-11-6-7-12-23(22)28-26(29)32/h6-7,11-12,14-15,17-18H,2-5,8-10,13,16H2,1H3,(H,27,30)(H,28,32). The smallest absolute Gasteiger partial charge is 0.262 e. The monoisotopic (exact) mass is 449 g/mol. The molecule has 2 aromatic carbocycles. The van der Waals surface area contributed by atoms with Crippen LogP contribution in [0.2, 0.25) is 0 Å². The van der Waals surface area contributed by atoms with Crippen LogP contribution in [0.3, 0.4) is 0 Å². The van der Waals surface area contributed by atoms with E-state index in [9.17, 15) is 9.59 Å². The van der Waals surface area contributed by atoms with Gasteiger partial charge in [-0.2, -0.15) is 0 Å². The summed E-state index contributed by atoms with van der Waals surface area (Å²) in [7, 11) is 0. The predicted molar refractivity (Wildman–Crippen MR) is 132 cm³/mol. The van der Waals surface area contributed by atoms with Gasteiger partial charge in [-0.15, -0.1) is 0 Å². The Hall–Kier alpha value is -2.73. The molecule has 1 aromatic heterocycles. The number of nitrogens with zero attached hydrogens (tertiary/aromatic N) is 1. The predicted octanol–water partition coefficient (Wildman–Crippen LogP) is 5.38. The van der Waals surface area contributed by atoms with Gasteiger partial charge in [-0.05, 0) is 86.5 Å². The molecule has 32 heavy (non-hydrogen) atoms. The Bertz CT molecular complexity index is 1230. The van der Waals surface area contributed by atoms with Crippen molar-refractivity contribution in [1.29, 1.82) is 0 Å². The van der Waals surface area contributed by atoms with Gasteiger partial charge in [-0.1, -0.05) is 36.8 Å². The van der Waals surface area contributed by atoms with E-state index in [-0.39, 0.29) is 17.5 Å². The molecule has 0 saturated carbocycles. The lowest BCUT2D eigenvalue weighted by Crippen LogP contribution is -2.26. The van der Waals surface area contributed by atoms with E-state index in [2.05, 4.69) is 35.4 Å². The fraction of sp³-hybridized carbons (Fsp3) is 0.423. The lowest BCUT2D eigenvalue weighted by atomic mass is 9.89. The Morgan fingerprint density at radius 1 is 1.09 bits per heavy atom. The summed E-state index contributed by atoms with van der Waals surface area (Å²) in [5.41, 5.74) is 4.80. The van der Waals surface area contributed by atoms with E-state index in [1.165, 1.54) is 36.0 Å². The zero-order valence-corrected chi connectivity index (χ0v) is 19.5. The summed E-state index contributed by atoms with van der Waals surface area (Å²) in [6.07, 6.45) is 7.82. The highest BCUT2D eigenvalue weighted by atomic mass is 32.1. The number of para-hydroxylation sites is 1. The first-order valence-electron chi connectivity index (χ1n) is 11.7. The third kappa shape index (κ3) is 5.18. The number of hydrogen-bond donors (Lipinski definition) is 2. The molecule has 0 bridgehead atoms. The second-order valence-electron chi connectivity index (χ2n) is 8.77. The number of aromatic amines is 1. The van der Waals surface area contributed by atoms with Gasteiger partial charge in [0.2, 0.25) is 5.91 Å². The Kier molecular flexibility index (Phi) is 7.20. The number of aromatic nitrogens is 2. The average Bonchev–Trinajstić information content (AvgIpc) is 2.80. The van der Waals surface area contributed by atoms with E-state index in [0.29, 0.717) is 23.1 Å². The van der Waals surface area contributed by atoms with Gasteiger partial charge in [0.25, 0.3) is 5.56 Å². The first-order chi connectivity index (χ1) is 15.5. The number of aryl methyl sites for hydroxylation is 2. The quantitative estimate of drug-likeness (QED) is 0.359. The summed E-state index contributed by atoms with van der Waals surface area (Å²) in [6.45, 7) is 2.61. The first kappa shape index (κ1) is 22.5. The van der Waals surface area contributed by atoms with Crippen molar-refractivity contribution in [2.45, 2.75) is 70.9 Å². The third-order valence-corrected chi connectivity index (χ3v) is 6.75. The van der Waals surface area contributed by atoms with E-state index in [0.717, 1.165) is 31.2 Å². The van der Waals surface area contributed by atoms with Crippen LogP contribution in [0.1, 0.15) is 68.2 Å². The van der Waals surface area contributed by atoms with Crippen LogP contribution < -0.4 is 10.9 Å². The van der Waals surface area contributed by atoms with Crippen molar-refractivity contribution >= 4 is 29.0 Å². The molecule has 6 heteroatoms. The number of carbonyl (C=O) groups is 1. The minimum Gasteiger partial charge on any atom is -0.350 e. The number of fused-ring (bicyclic) bond motifs is 2. The van der Waals surface area contributed by atoms with Crippen LogP contribution in [-0.4, -0.2) is 15.5 Å². The van der Waals surface area contributed by atoms with Crippen molar-refractivity contribution in [3.63, 3.8) is 0 Å². The maximum atomic E-state index is 12.7. The summed E-state index contributed by atoms with van der Waals surface area (Å²) in [5, 5.41) is 3.78. The minimum absolute atomic E-state index is 0.0178. The Morgan fingerprint density at radius 2 is 1.88 bits per heavy atom. The molecule has 1 heterocycles. The first-order valence-corrected chi connectivity index (χ1v) is 12.1. The summed E-state index contributed by atoms with van der Waals surface area (Å²) >= 11 is 5.36. The molecule has 1 aliphatic rings. The molecular weight excluding hydrogens is 418 g/mol. The molecular formula is C26H31N3O2S. The lowest BCUT2D eigenvalue weighted by Gasteiger charge is -2.20. The van der Waals surface area contributed by atoms with E-state index >= 15 is 0 Å². The van der Waals surface area contributed by atoms with Gasteiger partial charge in [-0.3, -0.25) is 14.2 Å². The number of unbranched alkanes of at least 4 members (excludes halogenated alkanes) is 2. The van der Waals surface area contributed by atoms with Gasteiger partial charge >= 0.3 is 0 Å². The summed E-state index contributed by atoms with van der Waals surface area (Å²) in [6, 6.07) is 14.1. The van der Waals surface area contributed by atoms with Crippen molar-refractivity contribution in [2.75, 3.05) is 0 Å². The van der Waals surface area contributed by atoms with Gasteiger partial charge in [0.05, 0.1) is 16.9 Å². The molecule has 3 aromatic rings. The Balaban J connectivity index is 1.24. The SMILES string of the molecule is CC(NC(=O)CCCCCn1c(=S)[nH]c2ccccc2c1=O)c1ccc2c(c1)CCCC2. The molecule has 0 aliphatic heterocycles. The number of carbonyl (C=O) groups excluding carboxylic acids is 1. The number of rotatable bonds is 8. The van der Waals surface area contributed by atoms with Gasteiger partial charge in [0, 0.05) is 13.0 Å².